The van der Waals surface area contributed by atoms with Crippen molar-refractivity contribution in [3.8, 4) is 11.5 Å². The lowest BCUT2D eigenvalue weighted by Crippen LogP contribution is -2.37. The predicted octanol–water partition coefficient (Wildman–Crippen LogP) is 4.41. The van der Waals surface area contributed by atoms with E-state index in [1.807, 2.05) is 19.1 Å². The van der Waals surface area contributed by atoms with Crippen LogP contribution in [0, 0.1) is 12.8 Å². The number of carbonyl (C=O) groups excluding carboxylic acids is 2. The molecule has 3 atom stereocenters. The molecule has 2 heterocycles. The van der Waals surface area contributed by atoms with Crippen LogP contribution in [0.3, 0.4) is 0 Å². The van der Waals surface area contributed by atoms with E-state index in [0.29, 0.717) is 22.0 Å². The number of ether oxygens (including phenoxy) is 1. The molecule has 7 nitrogen and oxygen atoms in total. The van der Waals surface area contributed by atoms with E-state index in [1.54, 1.807) is 53.6 Å². The Labute approximate surface area is 195 Å². The van der Waals surface area contributed by atoms with Gasteiger partial charge >= 0.3 is 0 Å². The van der Waals surface area contributed by atoms with Crippen LogP contribution in [0.2, 0.25) is 5.02 Å². The van der Waals surface area contributed by atoms with Crippen LogP contribution in [0.1, 0.15) is 17.2 Å². The first kappa shape index (κ1) is 21.3. The largest absolute Gasteiger partial charge is 0.504 e. The number of amides is 2. The highest BCUT2D eigenvalue weighted by atomic mass is 35.5. The van der Waals surface area contributed by atoms with E-state index in [-0.39, 0.29) is 17.4 Å². The van der Waals surface area contributed by atoms with Crippen LogP contribution < -0.4 is 14.7 Å². The van der Waals surface area contributed by atoms with Crippen LogP contribution in [-0.4, -0.2) is 30.1 Å². The number of benzene rings is 3. The zero-order valence-electron chi connectivity index (χ0n) is 17.9. The Kier molecular flexibility index (Phi) is 5.23. The third-order valence-electron chi connectivity index (χ3n) is 6.03. The minimum Gasteiger partial charge on any atom is -0.504 e. The number of hydroxylamine groups is 1. The van der Waals surface area contributed by atoms with E-state index in [1.165, 1.54) is 18.1 Å². The van der Waals surface area contributed by atoms with Gasteiger partial charge in [-0.05, 0) is 61.0 Å². The molecule has 0 unspecified atom stereocenters. The van der Waals surface area contributed by atoms with Gasteiger partial charge < -0.3 is 9.84 Å². The fraction of sp³-hybridized carbons (Fsp3) is 0.200. The molecule has 0 radical (unpaired) electrons. The number of fused-ring (bicyclic) bond motifs is 1. The fourth-order valence-electron chi connectivity index (χ4n) is 4.39. The second-order valence-corrected chi connectivity index (χ2v) is 8.51. The summed E-state index contributed by atoms with van der Waals surface area (Å²) in [7, 11) is 1.45. The second kappa shape index (κ2) is 8.10. The normalized spacial score (nSPS) is 22.1. The molecular weight excluding hydrogens is 444 g/mol. The van der Waals surface area contributed by atoms with Crippen molar-refractivity contribution < 1.29 is 24.3 Å². The van der Waals surface area contributed by atoms with Crippen molar-refractivity contribution in [3.63, 3.8) is 0 Å². The Hall–Kier alpha value is -3.55. The van der Waals surface area contributed by atoms with Gasteiger partial charge in [-0.3, -0.25) is 14.4 Å². The summed E-state index contributed by atoms with van der Waals surface area (Å²) >= 11 is 6.05. The number of hydrogen-bond donors (Lipinski definition) is 1. The van der Waals surface area contributed by atoms with Gasteiger partial charge in [0.25, 0.3) is 5.91 Å². The van der Waals surface area contributed by atoms with Crippen LogP contribution in [-0.2, 0) is 14.4 Å². The Morgan fingerprint density at radius 3 is 2.27 bits per heavy atom. The number of phenolic OH excluding ortho intramolecular Hbond substituents is 1. The third kappa shape index (κ3) is 3.50. The van der Waals surface area contributed by atoms with E-state index in [2.05, 4.69) is 0 Å². The van der Waals surface area contributed by atoms with E-state index in [0.717, 1.165) is 5.56 Å². The lowest BCUT2D eigenvalue weighted by Gasteiger charge is -2.29. The first-order chi connectivity index (χ1) is 15.9. The lowest BCUT2D eigenvalue weighted by atomic mass is 9.90. The molecule has 0 saturated carbocycles. The standard InChI is InChI=1S/C25H21ClN2O5/c1-14-3-8-17(9-4-14)27-24(30)21-22(15-5-12-19(29)20(13-15)32-2)28(33-23(21)25(27)31)18-10-6-16(26)7-11-18/h3-13,21-23,29H,1-2H3/t21-,22+,23+/m1/s1. The molecule has 8 heteroatoms. The predicted molar refractivity (Wildman–Crippen MR) is 123 cm³/mol. The number of phenols is 1. The van der Waals surface area contributed by atoms with Gasteiger partial charge in [0.1, 0.15) is 5.92 Å². The van der Waals surface area contributed by atoms with Crippen molar-refractivity contribution in [1.29, 1.82) is 0 Å². The van der Waals surface area contributed by atoms with Gasteiger partial charge in [-0.25, -0.2) is 9.96 Å². The minimum atomic E-state index is -0.987. The molecule has 0 aromatic heterocycles. The number of carbonyl (C=O) groups is 2. The van der Waals surface area contributed by atoms with Gasteiger partial charge in [0.2, 0.25) is 5.91 Å². The summed E-state index contributed by atoms with van der Waals surface area (Å²) in [5.74, 6) is -1.31. The zero-order valence-corrected chi connectivity index (χ0v) is 18.7. The summed E-state index contributed by atoms with van der Waals surface area (Å²) in [5, 5.41) is 12.2. The molecule has 2 aliphatic rings. The van der Waals surface area contributed by atoms with E-state index >= 15 is 0 Å². The molecule has 0 aliphatic carbocycles. The highest BCUT2D eigenvalue weighted by Gasteiger charge is 2.60. The maximum atomic E-state index is 13.6. The SMILES string of the molecule is COc1cc([C@H]2[C@H]3C(=O)N(c4ccc(C)cc4)C(=O)[C@H]3ON2c2ccc(Cl)cc2)ccc1O. The molecule has 2 fully saturated rings. The van der Waals surface area contributed by atoms with Gasteiger partial charge in [-0.1, -0.05) is 35.4 Å². The average Bonchev–Trinajstić information content (AvgIpc) is 3.32. The summed E-state index contributed by atoms with van der Waals surface area (Å²) < 4.78 is 5.27. The molecule has 0 spiro atoms. The molecule has 1 N–H and O–H groups in total. The number of anilines is 2. The highest BCUT2D eigenvalue weighted by Crippen LogP contribution is 2.48. The zero-order chi connectivity index (χ0) is 23.3. The molecule has 0 bridgehead atoms. The van der Waals surface area contributed by atoms with Crippen molar-refractivity contribution in [2.75, 3.05) is 17.1 Å². The van der Waals surface area contributed by atoms with E-state index in [4.69, 9.17) is 21.2 Å². The molecule has 3 aromatic carbocycles. The molecule has 2 aliphatic heterocycles. The summed E-state index contributed by atoms with van der Waals surface area (Å²) in [5.41, 5.74) is 2.85. The Balaban J connectivity index is 1.60. The minimum absolute atomic E-state index is 0.0233. The van der Waals surface area contributed by atoms with Gasteiger partial charge in [-0.15, -0.1) is 0 Å². The summed E-state index contributed by atoms with van der Waals surface area (Å²) in [6, 6.07) is 18.4. The lowest BCUT2D eigenvalue weighted by molar-refractivity contribution is -0.126. The summed E-state index contributed by atoms with van der Waals surface area (Å²) in [6.07, 6.45) is -0.987. The van der Waals surface area contributed by atoms with Crippen LogP contribution in [0.25, 0.3) is 0 Å². The number of aromatic hydroxyl groups is 1. The molecule has 2 saturated heterocycles. The third-order valence-corrected chi connectivity index (χ3v) is 6.29. The first-order valence-corrected chi connectivity index (χ1v) is 10.8. The number of aryl methyl sites for hydroxylation is 1. The van der Waals surface area contributed by atoms with Crippen molar-refractivity contribution in [2.45, 2.75) is 19.1 Å². The summed E-state index contributed by atoms with van der Waals surface area (Å²) in [4.78, 5) is 34.3. The number of rotatable bonds is 4. The molecule has 33 heavy (non-hydrogen) atoms. The van der Waals surface area contributed by atoms with Gasteiger partial charge in [0.05, 0.1) is 24.5 Å². The Morgan fingerprint density at radius 2 is 1.61 bits per heavy atom. The molecule has 2 amide bonds. The van der Waals surface area contributed by atoms with Crippen LogP contribution in [0.4, 0.5) is 11.4 Å². The number of nitrogens with zero attached hydrogens (tertiary/aromatic N) is 2. The molecule has 5 rings (SSSR count). The van der Waals surface area contributed by atoms with Crippen molar-refractivity contribution >= 4 is 34.8 Å². The van der Waals surface area contributed by atoms with Crippen LogP contribution >= 0.6 is 11.6 Å². The number of methoxy groups -OCH3 is 1. The Bertz CT molecular complexity index is 1230. The fourth-order valence-corrected chi connectivity index (χ4v) is 4.52. The maximum Gasteiger partial charge on any atom is 0.266 e. The van der Waals surface area contributed by atoms with Gasteiger partial charge in [0, 0.05) is 5.02 Å². The van der Waals surface area contributed by atoms with Crippen molar-refractivity contribution in [3.05, 3.63) is 82.9 Å². The molecule has 168 valence electrons. The van der Waals surface area contributed by atoms with Crippen LogP contribution in [0.15, 0.2) is 66.7 Å². The number of halogens is 1. The topological polar surface area (TPSA) is 79.3 Å². The number of imide groups is 1. The van der Waals surface area contributed by atoms with Crippen molar-refractivity contribution in [2.24, 2.45) is 5.92 Å². The highest BCUT2D eigenvalue weighted by molar-refractivity contribution is 6.30. The smallest absolute Gasteiger partial charge is 0.266 e. The van der Waals surface area contributed by atoms with Gasteiger partial charge in [0.15, 0.2) is 17.6 Å². The van der Waals surface area contributed by atoms with E-state index in [9.17, 15) is 14.7 Å². The molecule has 3 aromatic rings. The van der Waals surface area contributed by atoms with Crippen molar-refractivity contribution in [1.82, 2.24) is 0 Å². The first-order valence-electron chi connectivity index (χ1n) is 10.4. The summed E-state index contributed by atoms with van der Waals surface area (Å²) in [6.45, 7) is 1.94. The maximum absolute atomic E-state index is 13.6. The van der Waals surface area contributed by atoms with Crippen LogP contribution in [0.5, 0.6) is 11.5 Å². The average molecular weight is 465 g/mol. The van der Waals surface area contributed by atoms with Gasteiger partial charge in [-0.2, -0.15) is 0 Å². The number of hydrogen-bond acceptors (Lipinski definition) is 6. The quantitative estimate of drug-likeness (QED) is 0.576. The monoisotopic (exact) mass is 464 g/mol. The second-order valence-electron chi connectivity index (χ2n) is 8.08. The Morgan fingerprint density at radius 1 is 0.939 bits per heavy atom. The molecular formula is C25H21ClN2O5. The van der Waals surface area contributed by atoms with E-state index < -0.39 is 24.0 Å².